The number of nitrogens with one attached hydrogen (secondary N) is 1. The van der Waals surface area contributed by atoms with Crippen LogP contribution in [0.15, 0.2) is 35.1 Å². The van der Waals surface area contributed by atoms with Crippen molar-refractivity contribution in [3.63, 3.8) is 0 Å². The van der Waals surface area contributed by atoms with Crippen molar-refractivity contribution >= 4 is 51.0 Å². The Morgan fingerprint density at radius 2 is 2.10 bits per heavy atom. The number of pyridine rings is 1. The van der Waals surface area contributed by atoms with Crippen LogP contribution in [0.1, 0.15) is 5.56 Å². The predicted molar refractivity (Wildman–Crippen MR) is 97.4 cm³/mol. The van der Waals surface area contributed by atoms with Crippen LogP contribution in [0.5, 0.6) is 0 Å². The molecular formula is C15H16N2OS3. The standard InChI is InChI=1S/C15H16N2OS3/c18-14-9-11(12-3-1-2-4-13(12)16-14)10-21-15(19)17-5-7-20-8-6-17/h1-4,9H,5-8,10H2,(H,16,18). The van der Waals surface area contributed by atoms with E-state index in [-0.39, 0.29) is 5.56 Å². The molecule has 1 fully saturated rings. The number of aromatic nitrogens is 1. The average Bonchev–Trinajstić information content (AvgIpc) is 2.53. The molecule has 1 aromatic heterocycles. The van der Waals surface area contributed by atoms with Crippen LogP contribution in [0.3, 0.4) is 0 Å². The Bertz CT molecular complexity index is 707. The van der Waals surface area contributed by atoms with E-state index in [1.54, 1.807) is 17.8 Å². The highest BCUT2D eigenvalue weighted by Gasteiger charge is 2.14. The summed E-state index contributed by atoms with van der Waals surface area (Å²) in [4.78, 5) is 16.9. The molecule has 2 aromatic rings. The molecule has 0 spiro atoms. The number of thioether (sulfide) groups is 2. The summed E-state index contributed by atoms with van der Waals surface area (Å²) in [5.41, 5.74) is 1.89. The third-order valence-corrected chi connectivity index (χ3v) is 5.97. The number of thiocarbonyl (C=S) groups is 1. The Balaban J connectivity index is 1.75. The van der Waals surface area contributed by atoms with E-state index in [2.05, 4.69) is 9.88 Å². The smallest absolute Gasteiger partial charge is 0.248 e. The maximum Gasteiger partial charge on any atom is 0.248 e. The summed E-state index contributed by atoms with van der Waals surface area (Å²) >= 11 is 9.16. The third-order valence-electron chi connectivity index (χ3n) is 3.46. The molecule has 0 amide bonds. The summed E-state index contributed by atoms with van der Waals surface area (Å²) in [7, 11) is 0. The Labute approximate surface area is 137 Å². The summed E-state index contributed by atoms with van der Waals surface area (Å²) < 4.78 is 0.944. The van der Waals surface area contributed by atoms with Crippen molar-refractivity contribution in [3.8, 4) is 0 Å². The first-order valence-corrected chi connectivity index (χ1v) is 9.39. The fourth-order valence-electron chi connectivity index (χ4n) is 2.37. The van der Waals surface area contributed by atoms with Crippen LogP contribution in [0.2, 0.25) is 0 Å². The van der Waals surface area contributed by atoms with Gasteiger partial charge in [-0.15, -0.1) is 0 Å². The summed E-state index contributed by atoms with van der Waals surface area (Å²) in [6, 6.07) is 9.59. The van der Waals surface area contributed by atoms with Crippen LogP contribution in [0.25, 0.3) is 10.9 Å². The van der Waals surface area contributed by atoms with E-state index in [0.29, 0.717) is 0 Å². The van der Waals surface area contributed by atoms with Crippen molar-refractivity contribution in [3.05, 3.63) is 46.2 Å². The molecule has 6 heteroatoms. The van der Waals surface area contributed by atoms with E-state index in [1.807, 2.05) is 36.0 Å². The molecule has 1 aliphatic rings. The van der Waals surface area contributed by atoms with E-state index in [4.69, 9.17) is 12.2 Å². The predicted octanol–water partition coefficient (Wildman–Crippen LogP) is 3.10. The van der Waals surface area contributed by atoms with E-state index in [9.17, 15) is 4.79 Å². The summed E-state index contributed by atoms with van der Waals surface area (Å²) in [6.45, 7) is 2.07. The van der Waals surface area contributed by atoms with Gasteiger partial charge >= 0.3 is 0 Å². The van der Waals surface area contributed by atoms with Gasteiger partial charge in [0, 0.05) is 47.3 Å². The average molecular weight is 337 g/mol. The minimum atomic E-state index is -0.0513. The van der Waals surface area contributed by atoms with Gasteiger partial charge in [0.25, 0.3) is 0 Å². The Morgan fingerprint density at radius 3 is 2.90 bits per heavy atom. The summed E-state index contributed by atoms with van der Waals surface area (Å²) in [6.07, 6.45) is 0. The van der Waals surface area contributed by atoms with Gasteiger partial charge in [-0.3, -0.25) is 4.79 Å². The molecular weight excluding hydrogens is 320 g/mol. The van der Waals surface area contributed by atoms with Crippen LogP contribution >= 0.6 is 35.7 Å². The van der Waals surface area contributed by atoms with Crippen LogP contribution in [0, 0.1) is 0 Å². The second-order valence-corrected chi connectivity index (χ2v) is 7.69. The second-order valence-electron chi connectivity index (χ2n) is 4.86. The molecule has 0 unspecified atom stereocenters. The molecule has 1 aromatic carbocycles. The van der Waals surface area contributed by atoms with Crippen molar-refractivity contribution < 1.29 is 0 Å². The van der Waals surface area contributed by atoms with Gasteiger partial charge in [0.15, 0.2) is 0 Å². The molecule has 2 heterocycles. The van der Waals surface area contributed by atoms with Crippen molar-refractivity contribution in [2.24, 2.45) is 0 Å². The first-order chi connectivity index (χ1) is 10.2. The summed E-state index contributed by atoms with van der Waals surface area (Å²) in [5, 5.41) is 1.10. The monoisotopic (exact) mass is 336 g/mol. The van der Waals surface area contributed by atoms with Crippen LogP contribution < -0.4 is 5.56 Å². The van der Waals surface area contributed by atoms with E-state index in [0.717, 1.165) is 51.1 Å². The van der Waals surface area contributed by atoms with Crippen molar-refractivity contribution in [2.75, 3.05) is 24.6 Å². The van der Waals surface area contributed by atoms with E-state index < -0.39 is 0 Å². The molecule has 1 N–H and O–H groups in total. The SMILES string of the molecule is O=c1cc(CSC(=S)N2CCSCC2)c2ccccc2[nH]1. The Kier molecular flexibility index (Phi) is 4.87. The van der Waals surface area contributed by atoms with E-state index in [1.165, 1.54) is 0 Å². The number of para-hydroxylation sites is 1. The van der Waals surface area contributed by atoms with Gasteiger partial charge in [-0.05, 0) is 11.6 Å². The van der Waals surface area contributed by atoms with Gasteiger partial charge in [0.2, 0.25) is 5.56 Å². The van der Waals surface area contributed by atoms with Gasteiger partial charge in [0.1, 0.15) is 4.32 Å². The quantitative estimate of drug-likeness (QED) is 0.853. The molecule has 0 saturated carbocycles. The maximum atomic E-state index is 11.7. The lowest BCUT2D eigenvalue weighted by molar-refractivity contribution is 0.479. The number of nitrogens with zero attached hydrogens (tertiary/aromatic N) is 1. The van der Waals surface area contributed by atoms with Gasteiger partial charge < -0.3 is 9.88 Å². The highest BCUT2D eigenvalue weighted by Crippen LogP contribution is 2.23. The lowest BCUT2D eigenvalue weighted by Crippen LogP contribution is -2.35. The molecule has 1 saturated heterocycles. The van der Waals surface area contributed by atoms with Crippen LogP contribution in [-0.2, 0) is 5.75 Å². The van der Waals surface area contributed by atoms with Gasteiger partial charge in [0.05, 0.1) is 0 Å². The number of aromatic amines is 1. The molecule has 110 valence electrons. The Hall–Kier alpha value is -0.980. The molecule has 0 bridgehead atoms. The third kappa shape index (κ3) is 3.62. The molecule has 21 heavy (non-hydrogen) atoms. The number of H-pyrrole nitrogens is 1. The molecule has 0 aliphatic carbocycles. The molecule has 3 nitrogen and oxygen atoms in total. The van der Waals surface area contributed by atoms with Crippen molar-refractivity contribution in [2.45, 2.75) is 5.75 Å². The maximum absolute atomic E-state index is 11.7. The molecule has 3 rings (SSSR count). The lowest BCUT2D eigenvalue weighted by Gasteiger charge is -2.28. The minimum absolute atomic E-state index is 0.0513. The number of rotatable bonds is 2. The largest absolute Gasteiger partial charge is 0.356 e. The van der Waals surface area contributed by atoms with Crippen LogP contribution in [-0.4, -0.2) is 38.8 Å². The normalized spacial score (nSPS) is 15.3. The topological polar surface area (TPSA) is 36.1 Å². The lowest BCUT2D eigenvalue weighted by atomic mass is 10.1. The molecule has 0 radical (unpaired) electrons. The number of benzene rings is 1. The number of hydrogen-bond donors (Lipinski definition) is 1. The first kappa shape index (κ1) is 14.9. The summed E-state index contributed by atoms with van der Waals surface area (Å²) in [5.74, 6) is 3.04. The fraction of sp³-hybridized carbons (Fsp3) is 0.333. The van der Waals surface area contributed by atoms with Gasteiger partial charge in [-0.2, -0.15) is 11.8 Å². The highest BCUT2D eigenvalue weighted by molar-refractivity contribution is 8.22. The van der Waals surface area contributed by atoms with Crippen molar-refractivity contribution in [1.29, 1.82) is 0 Å². The minimum Gasteiger partial charge on any atom is -0.356 e. The van der Waals surface area contributed by atoms with E-state index >= 15 is 0 Å². The second kappa shape index (κ2) is 6.85. The molecule has 0 atom stereocenters. The fourth-order valence-corrected chi connectivity index (χ4v) is 4.52. The zero-order valence-corrected chi connectivity index (χ0v) is 14.0. The number of hydrogen-bond acceptors (Lipinski definition) is 4. The molecule has 1 aliphatic heterocycles. The number of fused-ring (bicyclic) bond motifs is 1. The first-order valence-electron chi connectivity index (χ1n) is 6.84. The highest BCUT2D eigenvalue weighted by atomic mass is 32.2. The zero-order chi connectivity index (χ0) is 14.7. The van der Waals surface area contributed by atoms with Gasteiger partial charge in [-0.1, -0.05) is 42.2 Å². The van der Waals surface area contributed by atoms with Crippen LogP contribution in [0.4, 0.5) is 0 Å². The zero-order valence-electron chi connectivity index (χ0n) is 11.5. The Morgan fingerprint density at radius 1 is 1.33 bits per heavy atom. The van der Waals surface area contributed by atoms with Crippen molar-refractivity contribution in [1.82, 2.24) is 9.88 Å². The van der Waals surface area contributed by atoms with Gasteiger partial charge in [-0.25, -0.2) is 0 Å².